The molecule has 2 aromatic rings. The van der Waals surface area contributed by atoms with Crippen molar-refractivity contribution in [2.24, 2.45) is 0 Å². The molecule has 0 amide bonds. The largest absolute Gasteiger partial charge is 0.748 e. The lowest BCUT2D eigenvalue weighted by Gasteiger charge is -2.04. The highest BCUT2D eigenvalue weighted by Crippen LogP contribution is 2.16. The van der Waals surface area contributed by atoms with Crippen molar-refractivity contribution in [2.75, 3.05) is 12.0 Å². The lowest BCUT2D eigenvalue weighted by molar-refractivity contribution is -0.692. The Morgan fingerprint density at radius 1 is 1.35 bits per heavy atom. The van der Waals surface area contributed by atoms with E-state index in [0.29, 0.717) is 10.9 Å². The van der Waals surface area contributed by atoms with E-state index in [-0.39, 0.29) is 6.54 Å². The molecule has 7 nitrogen and oxygen atoms in total. The van der Waals surface area contributed by atoms with Crippen LogP contribution in [-0.2, 0) is 16.7 Å². The molecule has 0 N–H and O–H groups in total. The molecule has 0 aliphatic rings. The third kappa shape index (κ3) is 4.22. The van der Waals surface area contributed by atoms with Gasteiger partial charge in [-0.25, -0.2) is 18.0 Å². The summed E-state index contributed by atoms with van der Waals surface area (Å²) in [7, 11) is -4.20. The smallest absolute Gasteiger partial charge is 0.209 e. The highest BCUT2D eigenvalue weighted by atomic mass is 32.2. The number of aryl methyl sites for hydroxylation is 1. The van der Waals surface area contributed by atoms with Crippen LogP contribution >= 0.6 is 11.8 Å². The van der Waals surface area contributed by atoms with Gasteiger partial charge in [0.2, 0.25) is 5.16 Å². The lowest BCUT2D eigenvalue weighted by Crippen LogP contribution is -2.36. The van der Waals surface area contributed by atoms with E-state index < -0.39 is 15.9 Å². The van der Waals surface area contributed by atoms with Crippen molar-refractivity contribution < 1.29 is 17.5 Å². The maximum absolute atomic E-state index is 10.6. The molecule has 0 bridgehead atoms. The number of hydrogen-bond acceptors (Lipinski definition) is 7. The Balaban J connectivity index is 2.15. The molecule has 2 rings (SSSR count). The van der Waals surface area contributed by atoms with Gasteiger partial charge in [0.05, 0.1) is 17.6 Å². The topological polar surface area (TPSA) is 99.8 Å². The standard InChI is InChI=1S/C11H12N4O3S2/c1-19-11-13-10(8-12-14-11)9-2-4-15(5-3-9)6-7-20(16,17)18/h2-5,8H,6-7H2,1H3. The number of thioether (sulfide) groups is 1. The maximum Gasteiger partial charge on any atom is 0.209 e. The molecule has 0 saturated heterocycles. The van der Waals surface area contributed by atoms with Crippen molar-refractivity contribution in [1.29, 1.82) is 0 Å². The van der Waals surface area contributed by atoms with E-state index >= 15 is 0 Å². The van der Waals surface area contributed by atoms with Crippen molar-refractivity contribution in [3.05, 3.63) is 30.7 Å². The fourth-order valence-corrected chi connectivity index (χ4v) is 2.26. The zero-order chi connectivity index (χ0) is 14.6. The molecule has 9 heteroatoms. The Bertz CT molecular complexity index is 689. The van der Waals surface area contributed by atoms with E-state index in [1.54, 1.807) is 35.3 Å². The summed E-state index contributed by atoms with van der Waals surface area (Å²) in [5.74, 6) is -0.428. The Kier molecular flexibility index (Phi) is 4.63. The summed E-state index contributed by atoms with van der Waals surface area (Å²) in [5.41, 5.74) is 1.53. The summed E-state index contributed by atoms with van der Waals surface area (Å²) >= 11 is 1.40. The van der Waals surface area contributed by atoms with Crippen LogP contribution in [0.1, 0.15) is 0 Å². The van der Waals surface area contributed by atoms with Gasteiger partial charge in [-0.15, -0.1) is 5.10 Å². The van der Waals surface area contributed by atoms with E-state index in [4.69, 9.17) is 0 Å². The van der Waals surface area contributed by atoms with Gasteiger partial charge in [0, 0.05) is 17.7 Å². The van der Waals surface area contributed by atoms with Crippen LogP contribution in [0.25, 0.3) is 11.3 Å². The molecule has 20 heavy (non-hydrogen) atoms. The van der Waals surface area contributed by atoms with Gasteiger partial charge in [0.1, 0.15) is 10.1 Å². The quantitative estimate of drug-likeness (QED) is 0.438. The van der Waals surface area contributed by atoms with Crippen molar-refractivity contribution in [3.8, 4) is 11.3 Å². The van der Waals surface area contributed by atoms with Crippen LogP contribution in [-0.4, -0.2) is 40.2 Å². The lowest BCUT2D eigenvalue weighted by atomic mass is 10.2. The van der Waals surface area contributed by atoms with Crippen LogP contribution < -0.4 is 4.57 Å². The summed E-state index contributed by atoms with van der Waals surface area (Å²) in [6.07, 6.45) is 6.81. The molecule has 0 fully saturated rings. The molecule has 0 aliphatic carbocycles. The zero-order valence-corrected chi connectivity index (χ0v) is 12.3. The predicted octanol–water partition coefficient (Wildman–Crippen LogP) is 0.0932. The third-order valence-corrected chi connectivity index (χ3v) is 3.73. The number of aromatic nitrogens is 4. The van der Waals surface area contributed by atoms with E-state index in [1.807, 2.05) is 6.26 Å². The normalized spacial score (nSPS) is 11.5. The van der Waals surface area contributed by atoms with Crippen molar-refractivity contribution in [1.82, 2.24) is 15.2 Å². The Hall–Kier alpha value is -1.58. The van der Waals surface area contributed by atoms with Crippen LogP contribution in [0.5, 0.6) is 0 Å². The molecular formula is C11H12N4O3S2. The Morgan fingerprint density at radius 3 is 2.65 bits per heavy atom. The maximum atomic E-state index is 10.6. The minimum atomic E-state index is -4.20. The molecule has 2 aromatic heterocycles. The summed E-state index contributed by atoms with van der Waals surface area (Å²) in [6.45, 7) is 0.129. The fraction of sp³-hybridized carbons (Fsp3) is 0.273. The van der Waals surface area contributed by atoms with Crippen molar-refractivity contribution in [3.63, 3.8) is 0 Å². The molecule has 106 valence electrons. The number of nitrogens with zero attached hydrogens (tertiary/aromatic N) is 4. The monoisotopic (exact) mass is 312 g/mol. The second-order valence-corrected chi connectivity index (χ2v) is 6.21. The number of hydrogen-bond donors (Lipinski definition) is 0. The van der Waals surface area contributed by atoms with Crippen molar-refractivity contribution >= 4 is 21.9 Å². The van der Waals surface area contributed by atoms with Gasteiger partial charge < -0.3 is 4.55 Å². The first-order valence-electron chi connectivity index (χ1n) is 5.65. The van der Waals surface area contributed by atoms with Crippen LogP contribution in [0, 0.1) is 0 Å². The molecule has 2 heterocycles. The minimum absolute atomic E-state index is 0.129. The highest BCUT2D eigenvalue weighted by Gasteiger charge is 2.07. The van der Waals surface area contributed by atoms with Gasteiger partial charge in [-0.2, -0.15) is 5.10 Å². The van der Waals surface area contributed by atoms with Gasteiger partial charge in [-0.3, -0.25) is 0 Å². The van der Waals surface area contributed by atoms with Gasteiger partial charge in [0.25, 0.3) is 0 Å². The average Bonchev–Trinajstić information content (AvgIpc) is 2.45. The summed E-state index contributed by atoms with van der Waals surface area (Å²) < 4.78 is 33.3. The SMILES string of the molecule is CSc1nncc(-c2cc[n+](CCS(=O)(=O)[O-])cc2)n1. The van der Waals surface area contributed by atoms with E-state index in [2.05, 4.69) is 15.2 Å². The van der Waals surface area contributed by atoms with E-state index in [1.165, 1.54) is 11.8 Å². The summed E-state index contributed by atoms with van der Waals surface area (Å²) in [4.78, 5) is 4.31. The van der Waals surface area contributed by atoms with Gasteiger partial charge >= 0.3 is 0 Å². The Labute approximate surface area is 120 Å². The molecule has 0 aromatic carbocycles. The third-order valence-electron chi connectivity index (χ3n) is 2.51. The fourth-order valence-electron chi connectivity index (χ4n) is 1.51. The molecule has 0 saturated carbocycles. The molecule has 0 atom stereocenters. The van der Waals surface area contributed by atoms with Gasteiger partial charge in [-0.05, 0) is 6.26 Å². The number of rotatable bonds is 5. The van der Waals surface area contributed by atoms with E-state index in [0.717, 1.165) is 5.56 Å². The summed E-state index contributed by atoms with van der Waals surface area (Å²) in [5, 5.41) is 8.30. The van der Waals surface area contributed by atoms with Crippen LogP contribution in [0.3, 0.4) is 0 Å². The first-order chi connectivity index (χ1) is 9.48. The Morgan fingerprint density at radius 2 is 2.05 bits per heavy atom. The minimum Gasteiger partial charge on any atom is -0.748 e. The van der Waals surface area contributed by atoms with Crippen LogP contribution in [0.15, 0.2) is 35.9 Å². The predicted molar refractivity (Wildman–Crippen MR) is 71.8 cm³/mol. The van der Waals surface area contributed by atoms with Crippen molar-refractivity contribution in [2.45, 2.75) is 11.7 Å². The molecular weight excluding hydrogens is 300 g/mol. The highest BCUT2D eigenvalue weighted by molar-refractivity contribution is 7.98. The molecule has 0 radical (unpaired) electrons. The average molecular weight is 312 g/mol. The zero-order valence-electron chi connectivity index (χ0n) is 10.6. The van der Waals surface area contributed by atoms with E-state index in [9.17, 15) is 13.0 Å². The second-order valence-electron chi connectivity index (χ2n) is 3.91. The molecule has 0 spiro atoms. The molecule has 0 unspecified atom stereocenters. The first-order valence-corrected chi connectivity index (χ1v) is 8.45. The first kappa shape index (κ1) is 14.8. The van der Waals surface area contributed by atoms with Crippen LogP contribution in [0.2, 0.25) is 0 Å². The summed E-state index contributed by atoms with van der Waals surface area (Å²) in [6, 6.07) is 3.57. The second kappa shape index (κ2) is 6.25. The van der Waals surface area contributed by atoms with Gasteiger partial charge in [0.15, 0.2) is 18.9 Å². The van der Waals surface area contributed by atoms with Gasteiger partial charge in [-0.1, -0.05) is 11.8 Å². The molecule has 0 aliphatic heterocycles. The van der Waals surface area contributed by atoms with Crippen LogP contribution in [0.4, 0.5) is 0 Å². The number of pyridine rings is 1.